The van der Waals surface area contributed by atoms with E-state index >= 15 is 0 Å². The number of hydrogen-bond donors (Lipinski definition) is 1. The molecule has 0 unspecified atom stereocenters. The van der Waals surface area contributed by atoms with Crippen molar-refractivity contribution in [2.45, 2.75) is 30.4 Å². The average molecular weight is 252 g/mol. The summed E-state index contributed by atoms with van der Waals surface area (Å²) in [5, 5.41) is 0. The number of carbonyl (C=O) groups is 1. The van der Waals surface area contributed by atoms with Gasteiger partial charge in [0, 0.05) is 35.0 Å². The number of carbonyl (C=O) groups excluding carboxylic acids is 1. The van der Waals surface area contributed by atoms with Crippen LogP contribution in [0.25, 0.3) is 0 Å². The lowest BCUT2D eigenvalue weighted by Gasteiger charge is -2.19. The molecule has 0 radical (unpaired) electrons. The second-order valence-corrected chi connectivity index (χ2v) is 7.04. The van der Waals surface area contributed by atoms with Crippen LogP contribution in [-0.4, -0.2) is 29.6 Å². The van der Waals surface area contributed by atoms with Crippen LogP contribution < -0.4 is 5.73 Å². The van der Waals surface area contributed by atoms with Gasteiger partial charge in [-0.05, 0) is 18.2 Å². The van der Waals surface area contributed by atoms with Crippen molar-refractivity contribution in [2.75, 3.05) is 19.8 Å². The van der Waals surface area contributed by atoms with Gasteiger partial charge in [-0.2, -0.15) is 0 Å². The lowest BCUT2D eigenvalue weighted by molar-refractivity contribution is 0.0827. The minimum absolute atomic E-state index is 0.0241. The molecule has 0 aliphatic rings. The summed E-state index contributed by atoms with van der Waals surface area (Å²) in [5.41, 5.74) is 7.27. The molecule has 94 valence electrons. The normalized spacial score (nSPS) is 11.4. The van der Waals surface area contributed by atoms with Gasteiger partial charge in [0.15, 0.2) is 0 Å². The summed E-state index contributed by atoms with van der Waals surface area (Å²) in [6.07, 6.45) is 0. The first kappa shape index (κ1) is 13.9. The van der Waals surface area contributed by atoms with Crippen molar-refractivity contribution < 1.29 is 4.79 Å². The second-order valence-electron chi connectivity index (χ2n) is 5.17. The second kappa shape index (κ2) is 5.00. The van der Waals surface area contributed by atoms with E-state index in [-0.39, 0.29) is 10.7 Å². The number of hydrogen-bond acceptors (Lipinski definition) is 3. The Morgan fingerprint density at radius 1 is 1.29 bits per heavy atom. The lowest BCUT2D eigenvalue weighted by atomic mass is 10.2. The Labute approximate surface area is 107 Å². The highest BCUT2D eigenvalue weighted by molar-refractivity contribution is 8.00. The van der Waals surface area contributed by atoms with E-state index in [9.17, 15) is 4.79 Å². The molecule has 1 rings (SSSR count). The van der Waals surface area contributed by atoms with E-state index in [1.54, 1.807) is 36.8 Å². The molecule has 0 atom stereocenters. The molecule has 0 heterocycles. The molecular weight excluding hydrogens is 232 g/mol. The zero-order valence-corrected chi connectivity index (χ0v) is 11.9. The topological polar surface area (TPSA) is 46.3 Å². The van der Waals surface area contributed by atoms with Crippen LogP contribution in [0.2, 0.25) is 0 Å². The van der Waals surface area contributed by atoms with Crippen molar-refractivity contribution in [3.05, 3.63) is 23.8 Å². The van der Waals surface area contributed by atoms with Crippen molar-refractivity contribution in [3.63, 3.8) is 0 Å². The number of nitrogen functional groups attached to an aromatic ring is 1. The monoisotopic (exact) mass is 252 g/mol. The molecular formula is C13H20N2OS. The fourth-order valence-electron chi connectivity index (χ4n) is 1.36. The maximum atomic E-state index is 11.8. The SMILES string of the molecule is CN(C)C(=O)c1ccc(SC(C)(C)C)c(N)c1. The van der Waals surface area contributed by atoms with Gasteiger partial charge in [-0.1, -0.05) is 20.8 Å². The van der Waals surface area contributed by atoms with E-state index in [4.69, 9.17) is 5.73 Å². The molecule has 0 spiro atoms. The standard InChI is InChI=1S/C13H20N2OS/c1-13(2,3)17-11-7-6-9(8-10(11)14)12(16)15(4)5/h6-8H,14H2,1-5H3. The van der Waals surface area contributed by atoms with Gasteiger partial charge in [0.1, 0.15) is 0 Å². The molecule has 0 saturated carbocycles. The maximum absolute atomic E-state index is 11.8. The van der Waals surface area contributed by atoms with Crippen LogP contribution in [0.5, 0.6) is 0 Å². The molecule has 0 saturated heterocycles. The maximum Gasteiger partial charge on any atom is 0.253 e. The van der Waals surface area contributed by atoms with Gasteiger partial charge in [0.05, 0.1) is 0 Å². The van der Waals surface area contributed by atoms with Crippen LogP contribution in [0.3, 0.4) is 0 Å². The molecule has 1 aromatic rings. The van der Waals surface area contributed by atoms with Gasteiger partial charge in [0.2, 0.25) is 0 Å². The van der Waals surface area contributed by atoms with Gasteiger partial charge in [-0.15, -0.1) is 11.8 Å². The Balaban J connectivity index is 2.98. The molecule has 0 bridgehead atoms. The van der Waals surface area contributed by atoms with E-state index in [2.05, 4.69) is 20.8 Å². The number of nitrogens with zero attached hydrogens (tertiary/aromatic N) is 1. The Kier molecular flexibility index (Phi) is 4.09. The number of nitrogens with two attached hydrogens (primary N) is 1. The van der Waals surface area contributed by atoms with Crippen LogP contribution in [0.15, 0.2) is 23.1 Å². The summed E-state index contributed by atoms with van der Waals surface area (Å²) in [6.45, 7) is 6.40. The number of thioether (sulfide) groups is 1. The van der Waals surface area contributed by atoms with Crippen molar-refractivity contribution in [1.82, 2.24) is 4.90 Å². The molecule has 0 aliphatic heterocycles. The van der Waals surface area contributed by atoms with Crippen molar-refractivity contribution in [2.24, 2.45) is 0 Å². The van der Waals surface area contributed by atoms with Gasteiger partial charge >= 0.3 is 0 Å². The molecule has 1 amide bonds. The van der Waals surface area contributed by atoms with E-state index in [1.165, 1.54) is 0 Å². The third kappa shape index (κ3) is 3.97. The Bertz CT molecular complexity index is 422. The quantitative estimate of drug-likeness (QED) is 0.650. The smallest absolute Gasteiger partial charge is 0.253 e. The number of rotatable bonds is 2. The highest BCUT2D eigenvalue weighted by Crippen LogP contribution is 2.35. The zero-order valence-electron chi connectivity index (χ0n) is 11.1. The highest BCUT2D eigenvalue weighted by Gasteiger charge is 2.15. The summed E-state index contributed by atoms with van der Waals surface area (Å²) in [6, 6.07) is 5.49. The number of benzene rings is 1. The number of anilines is 1. The van der Waals surface area contributed by atoms with Gasteiger partial charge in [-0.25, -0.2) is 0 Å². The van der Waals surface area contributed by atoms with E-state index in [1.807, 2.05) is 12.1 Å². The molecule has 4 heteroatoms. The van der Waals surface area contributed by atoms with Gasteiger partial charge in [-0.3, -0.25) is 4.79 Å². The van der Waals surface area contributed by atoms with Crippen molar-refractivity contribution in [1.29, 1.82) is 0 Å². The molecule has 0 fully saturated rings. The van der Waals surface area contributed by atoms with Crippen molar-refractivity contribution >= 4 is 23.4 Å². The summed E-state index contributed by atoms with van der Waals surface area (Å²) in [5.74, 6) is -0.0241. The summed E-state index contributed by atoms with van der Waals surface area (Å²) < 4.78 is 0.112. The van der Waals surface area contributed by atoms with Crippen LogP contribution in [0.1, 0.15) is 31.1 Å². The van der Waals surface area contributed by atoms with E-state index < -0.39 is 0 Å². The molecule has 0 aliphatic carbocycles. The zero-order chi connectivity index (χ0) is 13.2. The van der Waals surface area contributed by atoms with Crippen molar-refractivity contribution in [3.8, 4) is 0 Å². The predicted octanol–water partition coefficient (Wildman–Crippen LogP) is 2.86. The fraction of sp³-hybridized carbons (Fsp3) is 0.462. The average Bonchev–Trinajstić information content (AvgIpc) is 2.18. The van der Waals surface area contributed by atoms with E-state index in [0.29, 0.717) is 11.3 Å². The minimum atomic E-state index is -0.0241. The molecule has 3 nitrogen and oxygen atoms in total. The third-order valence-electron chi connectivity index (χ3n) is 2.08. The van der Waals surface area contributed by atoms with E-state index in [0.717, 1.165) is 4.90 Å². The van der Waals surface area contributed by atoms with Crippen LogP contribution in [0.4, 0.5) is 5.69 Å². The lowest BCUT2D eigenvalue weighted by Crippen LogP contribution is -2.21. The Hall–Kier alpha value is -1.16. The van der Waals surface area contributed by atoms with Crippen LogP contribution in [0, 0.1) is 0 Å². The molecule has 2 N–H and O–H groups in total. The largest absolute Gasteiger partial charge is 0.398 e. The Morgan fingerprint density at radius 2 is 1.88 bits per heavy atom. The highest BCUT2D eigenvalue weighted by atomic mass is 32.2. The Morgan fingerprint density at radius 3 is 2.29 bits per heavy atom. The summed E-state index contributed by atoms with van der Waals surface area (Å²) in [7, 11) is 3.46. The third-order valence-corrected chi connectivity index (χ3v) is 3.28. The first-order valence-electron chi connectivity index (χ1n) is 5.51. The molecule has 0 aromatic heterocycles. The van der Waals surface area contributed by atoms with Gasteiger partial charge < -0.3 is 10.6 Å². The first-order chi connectivity index (χ1) is 7.70. The molecule has 17 heavy (non-hydrogen) atoms. The summed E-state index contributed by atoms with van der Waals surface area (Å²) >= 11 is 1.71. The van der Waals surface area contributed by atoms with Gasteiger partial charge in [0.25, 0.3) is 5.91 Å². The van der Waals surface area contributed by atoms with Crippen LogP contribution in [-0.2, 0) is 0 Å². The minimum Gasteiger partial charge on any atom is -0.398 e. The predicted molar refractivity (Wildman–Crippen MR) is 74.5 cm³/mol. The summed E-state index contributed by atoms with van der Waals surface area (Å²) in [4.78, 5) is 14.3. The first-order valence-corrected chi connectivity index (χ1v) is 6.32. The fourth-order valence-corrected chi connectivity index (χ4v) is 2.34. The van der Waals surface area contributed by atoms with Crippen LogP contribution >= 0.6 is 11.8 Å². The number of amides is 1. The molecule has 1 aromatic carbocycles.